The van der Waals surface area contributed by atoms with Crippen LogP contribution in [0.2, 0.25) is 0 Å². The number of nitrogens with zero attached hydrogens (tertiary/aromatic N) is 1. The predicted octanol–water partition coefficient (Wildman–Crippen LogP) is 6.79. The smallest absolute Gasteiger partial charge is 0.340 e. The maximum absolute atomic E-state index is 14.8. The number of benzene rings is 2. The second-order valence-corrected chi connectivity index (χ2v) is 16.6. The Balaban J connectivity index is 1.81. The van der Waals surface area contributed by atoms with E-state index in [1.165, 1.54) is 4.90 Å². The third-order valence-electron chi connectivity index (χ3n) is 9.24. The average Bonchev–Trinajstić information content (AvgIpc) is 3.44. The van der Waals surface area contributed by atoms with Crippen molar-refractivity contribution in [3.8, 4) is 0 Å². The minimum absolute atomic E-state index is 0.00819. The molecule has 16 heteroatoms. The molecular formula is C30H33F8NO5S2. The summed E-state index contributed by atoms with van der Waals surface area (Å²) >= 11 is 0. The molecule has 46 heavy (non-hydrogen) atoms. The van der Waals surface area contributed by atoms with E-state index in [0.29, 0.717) is 25.0 Å². The van der Waals surface area contributed by atoms with E-state index in [-0.39, 0.29) is 55.0 Å². The molecule has 2 fully saturated rings. The third-order valence-corrected chi connectivity index (χ3v) is 13.4. The minimum Gasteiger partial charge on any atom is -0.340 e. The summed E-state index contributed by atoms with van der Waals surface area (Å²) in [4.78, 5) is 15.0. The number of hydrogen-bond acceptors (Lipinski definition) is 5. The fraction of sp³-hybridized carbons (Fsp3) is 0.567. The standard InChI is InChI=1S/C30H33F8NO5S2/c1-2-3-4-13-26(15-18-45(41,42)19-16-26)25(40)39-17-14-27(20-39,46(43,44)24-11-9-23(31)10-12-24)21-5-7-22(8-6-21)28(32,29(33,34)35)30(36,37)38/h5-12H,2-4,13-20H2,1H3/t27-/m0/s1. The van der Waals surface area contributed by atoms with Crippen LogP contribution in [-0.2, 0) is 34.9 Å². The van der Waals surface area contributed by atoms with E-state index in [9.17, 15) is 56.8 Å². The molecule has 2 aromatic rings. The number of halogens is 8. The Morgan fingerprint density at radius 3 is 1.89 bits per heavy atom. The van der Waals surface area contributed by atoms with Crippen LogP contribution in [0.3, 0.4) is 0 Å². The predicted molar refractivity (Wildman–Crippen MR) is 152 cm³/mol. The van der Waals surface area contributed by atoms with Crippen LogP contribution in [0.1, 0.15) is 63.0 Å². The molecule has 2 aliphatic rings. The summed E-state index contributed by atoms with van der Waals surface area (Å²) in [5, 5.41) is 0. The van der Waals surface area contributed by atoms with Crippen LogP contribution in [0, 0.1) is 11.2 Å². The number of carbonyl (C=O) groups is 1. The van der Waals surface area contributed by atoms with Crippen LogP contribution in [-0.4, -0.2) is 64.6 Å². The van der Waals surface area contributed by atoms with Gasteiger partial charge in [-0.1, -0.05) is 50.5 Å². The van der Waals surface area contributed by atoms with Gasteiger partial charge in [0.05, 0.1) is 21.8 Å². The van der Waals surface area contributed by atoms with E-state index in [0.717, 1.165) is 37.1 Å². The molecule has 2 aromatic carbocycles. The van der Waals surface area contributed by atoms with Gasteiger partial charge in [-0.3, -0.25) is 4.79 Å². The fourth-order valence-corrected chi connectivity index (χ4v) is 10.1. The first kappa shape index (κ1) is 36.1. The highest BCUT2D eigenvalue weighted by Gasteiger charge is 2.73. The lowest BCUT2D eigenvalue weighted by molar-refractivity contribution is -0.348. The first-order chi connectivity index (χ1) is 21.2. The van der Waals surface area contributed by atoms with Crippen LogP contribution in [0.4, 0.5) is 35.1 Å². The van der Waals surface area contributed by atoms with Crippen LogP contribution >= 0.6 is 0 Å². The first-order valence-corrected chi connectivity index (χ1v) is 17.9. The molecule has 0 unspecified atom stereocenters. The maximum atomic E-state index is 14.8. The molecule has 1 atom stereocenters. The second-order valence-electron chi connectivity index (χ2n) is 12.0. The highest BCUT2D eigenvalue weighted by Crippen LogP contribution is 2.54. The molecular weight excluding hydrogens is 670 g/mol. The monoisotopic (exact) mass is 703 g/mol. The number of likely N-dealkylation sites (tertiary alicyclic amines) is 1. The summed E-state index contributed by atoms with van der Waals surface area (Å²) in [6.45, 7) is 1.17. The van der Waals surface area contributed by atoms with Crippen LogP contribution < -0.4 is 0 Å². The Morgan fingerprint density at radius 2 is 1.39 bits per heavy atom. The number of sulfone groups is 2. The SMILES string of the molecule is CCCCCC1(C(=O)N2CC[C@](c3ccc(C(F)(C(F)(F)F)C(F)(F)F)cc3)(S(=O)(=O)c3ccc(F)cc3)C2)CCS(=O)(=O)CC1. The zero-order valence-corrected chi connectivity index (χ0v) is 26.4. The maximum Gasteiger partial charge on any atom is 0.435 e. The molecule has 0 bridgehead atoms. The Kier molecular flexibility index (Phi) is 9.70. The molecule has 0 aliphatic carbocycles. The first-order valence-electron chi connectivity index (χ1n) is 14.6. The molecule has 2 aliphatic heterocycles. The van der Waals surface area contributed by atoms with E-state index in [2.05, 4.69) is 0 Å². The highest BCUT2D eigenvalue weighted by molar-refractivity contribution is 7.92. The van der Waals surface area contributed by atoms with Gasteiger partial charge in [-0.2, -0.15) is 26.3 Å². The second kappa shape index (κ2) is 12.4. The van der Waals surface area contributed by atoms with E-state index in [4.69, 9.17) is 0 Å². The molecule has 0 saturated carbocycles. The zero-order valence-electron chi connectivity index (χ0n) is 24.7. The van der Waals surface area contributed by atoms with Gasteiger partial charge in [0.25, 0.3) is 0 Å². The van der Waals surface area contributed by atoms with E-state index >= 15 is 0 Å². The van der Waals surface area contributed by atoms with Gasteiger partial charge in [-0.15, -0.1) is 0 Å². The molecule has 0 spiro atoms. The minimum atomic E-state index is -6.39. The van der Waals surface area contributed by atoms with Crippen molar-refractivity contribution in [2.45, 2.75) is 79.5 Å². The summed E-state index contributed by atoms with van der Waals surface area (Å²) in [6.07, 6.45) is -10.6. The van der Waals surface area contributed by atoms with Crippen molar-refractivity contribution in [2.24, 2.45) is 5.41 Å². The van der Waals surface area contributed by atoms with Crippen molar-refractivity contribution in [1.82, 2.24) is 4.90 Å². The Morgan fingerprint density at radius 1 is 0.848 bits per heavy atom. The third kappa shape index (κ3) is 6.27. The average molecular weight is 704 g/mol. The van der Waals surface area contributed by atoms with Crippen molar-refractivity contribution >= 4 is 25.6 Å². The molecule has 6 nitrogen and oxygen atoms in total. The number of hydrogen-bond donors (Lipinski definition) is 0. The molecule has 2 saturated heterocycles. The summed E-state index contributed by atoms with van der Waals surface area (Å²) in [7, 11) is -8.02. The van der Waals surface area contributed by atoms with E-state index < -0.39 is 76.6 Å². The van der Waals surface area contributed by atoms with Gasteiger partial charge in [0.15, 0.2) is 9.84 Å². The Hall–Kier alpha value is -2.75. The summed E-state index contributed by atoms with van der Waals surface area (Å²) in [5.74, 6) is -1.77. The van der Waals surface area contributed by atoms with Gasteiger partial charge in [-0.05, 0) is 55.5 Å². The van der Waals surface area contributed by atoms with Crippen molar-refractivity contribution in [3.63, 3.8) is 0 Å². The quantitative estimate of drug-likeness (QED) is 0.163. The number of amides is 1. The van der Waals surface area contributed by atoms with Gasteiger partial charge in [0, 0.05) is 18.7 Å². The lowest BCUT2D eigenvalue weighted by Crippen LogP contribution is -2.50. The van der Waals surface area contributed by atoms with Crippen LogP contribution in [0.25, 0.3) is 0 Å². The highest BCUT2D eigenvalue weighted by atomic mass is 32.2. The molecule has 2 heterocycles. The summed E-state index contributed by atoms with van der Waals surface area (Å²) in [5.41, 5.74) is -8.97. The van der Waals surface area contributed by atoms with Crippen molar-refractivity contribution in [2.75, 3.05) is 24.6 Å². The van der Waals surface area contributed by atoms with Crippen LogP contribution in [0.15, 0.2) is 53.4 Å². The molecule has 0 radical (unpaired) electrons. The topological polar surface area (TPSA) is 88.6 Å². The van der Waals surface area contributed by atoms with Crippen molar-refractivity contribution in [3.05, 3.63) is 65.5 Å². The van der Waals surface area contributed by atoms with Crippen molar-refractivity contribution < 1.29 is 56.8 Å². The molecule has 4 rings (SSSR count). The van der Waals surface area contributed by atoms with E-state index in [1.54, 1.807) is 0 Å². The lowest BCUT2D eigenvalue weighted by atomic mass is 9.76. The molecule has 256 valence electrons. The zero-order chi connectivity index (χ0) is 34.4. The van der Waals surface area contributed by atoms with Gasteiger partial charge < -0.3 is 4.90 Å². The number of unbranched alkanes of at least 4 members (excludes halogenated alkanes) is 2. The van der Waals surface area contributed by atoms with Crippen LogP contribution in [0.5, 0.6) is 0 Å². The van der Waals surface area contributed by atoms with Gasteiger partial charge in [0.2, 0.25) is 5.91 Å². The number of rotatable bonds is 9. The van der Waals surface area contributed by atoms with Gasteiger partial charge in [-0.25, -0.2) is 25.6 Å². The Labute approximate surface area is 262 Å². The molecule has 1 amide bonds. The number of alkyl halides is 7. The molecule has 0 N–H and O–H groups in total. The fourth-order valence-electron chi connectivity index (χ4n) is 6.44. The summed E-state index contributed by atoms with van der Waals surface area (Å²) in [6, 6.07) is 5.39. The normalized spacial score (nSPS) is 22.2. The van der Waals surface area contributed by atoms with Gasteiger partial charge >= 0.3 is 18.0 Å². The Bertz CT molecular complexity index is 1610. The van der Waals surface area contributed by atoms with E-state index in [1.807, 2.05) is 6.92 Å². The molecule has 0 aromatic heterocycles. The largest absolute Gasteiger partial charge is 0.435 e. The summed E-state index contributed by atoms with van der Waals surface area (Å²) < 4.78 is 160. The number of carbonyl (C=O) groups excluding carboxylic acids is 1. The van der Waals surface area contributed by atoms with Gasteiger partial charge in [0.1, 0.15) is 20.4 Å². The lowest BCUT2D eigenvalue weighted by Gasteiger charge is -2.39. The van der Waals surface area contributed by atoms with Crippen molar-refractivity contribution in [1.29, 1.82) is 0 Å².